The van der Waals surface area contributed by atoms with Crippen LogP contribution in [-0.4, -0.2) is 12.1 Å². The minimum Gasteiger partial charge on any atom is -0.450 e. The van der Waals surface area contributed by atoms with Crippen LogP contribution in [-0.2, 0) is 6.42 Å². The van der Waals surface area contributed by atoms with Gasteiger partial charge in [0.25, 0.3) is 0 Å². The Morgan fingerprint density at radius 3 is 2.80 bits per heavy atom. The molecule has 2 heterocycles. The van der Waals surface area contributed by atoms with Crippen LogP contribution >= 0.6 is 11.6 Å². The second kappa shape index (κ2) is 4.18. The molecule has 1 unspecified atom stereocenters. The molecular weight excluding hydrogens is 210 g/mol. The first-order chi connectivity index (χ1) is 7.12. The second-order valence-corrected chi connectivity index (χ2v) is 5.10. The average molecular weight is 228 g/mol. The molecule has 0 bridgehead atoms. The van der Waals surface area contributed by atoms with Gasteiger partial charge in [-0.2, -0.15) is 0 Å². The molecule has 1 aliphatic heterocycles. The zero-order valence-electron chi connectivity index (χ0n) is 9.35. The van der Waals surface area contributed by atoms with Gasteiger partial charge >= 0.3 is 0 Å². The number of furan rings is 1. The van der Waals surface area contributed by atoms with Crippen molar-refractivity contribution < 1.29 is 4.42 Å². The Kier molecular flexibility index (Phi) is 3.08. The summed E-state index contributed by atoms with van der Waals surface area (Å²) in [6, 6.07) is 3.80. The summed E-state index contributed by atoms with van der Waals surface area (Å²) in [7, 11) is 0. The fourth-order valence-corrected chi connectivity index (χ4v) is 2.60. The van der Waals surface area contributed by atoms with Gasteiger partial charge in [0.05, 0.1) is 0 Å². The topological polar surface area (TPSA) is 25.2 Å². The minimum absolute atomic E-state index is 0.210. The zero-order valence-corrected chi connectivity index (χ0v) is 10.1. The van der Waals surface area contributed by atoms with Crippen LogP contribution in [0.25, 0.3) is 0 Å². The normalized spacial score (nSPS) is 26.4. The molecule has 84 valence electrons. The quantitative estimate of drug-likeness (QED) is 0.858. The van der Waals surface area contributed by atoms with E-state index in [0.717, 1.165) is 18.7 Å². The van der Waals surface area contributed by atoms with Gasteiger partial charge in [0.2, 0.25) is 0 Å². The summed E-state index contributed by atoms with van der Waals surface area (Å²) in [6.45, 7) is 5.65. The van der Waals surface area contributed by atoms with Crippen LogP contribution in [0.15, 0.2) is 16.5 Å². The van der Waals surface area contributed by atoms with Crippen molar-refractivity contribution in [2.24, 2.45) is 5.92 Å². The fourth-order valence-electron chi connectivity index (χ4n) is 2.44. The van der Waals surface area contributed by atoms with Gasteiger partial charge in [0.15, 0.2) is 5.22 Å². The van der Waals surface area contributed by atoms with Gasteiger partial charge in [0, 0.05) is 12.0 Å². The maximum atomic E-state index is 5.78. The number of halogens is 1. The zero-order chi connectivity index (χ0) is 10.9. The van der Waals surface area contributed by atoms with Gasteiger partial charge in [-0.25, -0.2) is 0 Å². The summed E-state index contributed by atoms with van der Waals surface area (Å²) in [5.74, 6) is 1.60. The number of rotatable bonds is 3. The highest BCUT2D eigenvalue weighted by atomic mass is 35.5. The van der Waals surface area contributed by atoms with E-state index in [2.05, 4.69) is 19.2 Å². The summed E-state index contributed by atoms with van der Waals surface area (Å²) in [6.07, 6.45) is 3.42. The first-order valence-electron chi connectivity index (χ1n) is 5.62. The lowest BCUT2D eigenvalue weighted by atomic mass is 9.81. The van der Waals surface area contributed by atoms with Crippen molar-refractivity contribution in [2.45, 2.75) is 38.6 Å². The molecule has 15 heavy (non-hydrogen) atoms. The lowest BCUT2D eigenvalue weighted by Crippen LogP contribution is -2.46. The molecule has 1 saturated heterocycles. The summed E-state index contributed by atoms with van der Waals surface area (Å²) in [4.78, 5) is 0. The van der Waals surface area contributed by atoms with Gasteiger partial charge < -0.3 is 9.73 Å². The lowest BCUT2D eigenvalue weighted by molar-refractivity contribution is 0.253. The molecule has 1 fully saturated rings. The Bertz CT molecular complexity index is 326. The molecule has 0 saturated carbocycles. The van der Waals surface area contributed by atoms with Gasteiger partial charge in [-0.3, -0.25) is 0 Å². The van der Waals surface area contributed by atoms with Crippen molar-refractivity contribution in [3.63, 3.8) is 0 Å². The lowest BCUT2D eigenvalue weighted by Gasteiger charge is -2.33. The molecule has 1 aromatic rings. The minimum atomic E-state index is 0.210. The SMILES string of the molecule is CC(C)C1(Cc2ccc(Cl)o2)CCCN1. The molecule has 1 atom stereocenters. The van der Waals surface area contributed by atoms with Crippen LogP contribution < -0.4 is 5.32 Å². The van der Waals surface area contributed by atoms with Gasteiger partial charge in [-0.05, 0) is 49.0 Å². The van der Waals surface area contributed by atoms with Crippen LogP contribution in [0.5, 0.6) is 0 Å². The van der Waals surface area contributed by atoms with Gasteiger partial charge in [0.1, 0.15) is 5.76 Å². The fraction of sp³-hybridized carbons (Fsp3) is 0.667. The maximum absolute atomic E-state index is 5.78. The standard InChI is InChI=1S/C12H18ClNO/c1-9(2)12(6-3-7-14-12)8-10-4-5-11(13)15-10/h4-5,9,14H,3,6-8H2,1-2H3. The average Bonchev–Trinajstić information content (AvgIpc) is 2.77. The third kappa shape index (κ3) is 2.21. The van der Waals surface area contributed by atoms with Gasteiger partial charge in [-0.1, -0.05) is 13.8 Å². The molecule has 1 aliphatic rings. The van der Waals surface area contributed by atoms with Gasteiger partial charge in [-0.15, -0.1) is 0 Å². The highest BCUT2D eigenvalue weighted by Gasteiger charge is 2.37. The summed E-state index contributed by atoms with van der Waals surface area (Å²) in [5, 5.41) is 4.11. The summed E-state index contributed by atoms with van der Waals surface area (Å²) >= 11 is 5.78. The van der Waals surface area contributed by atoms with E-state index in [1.54, 1.807) is 0 Å². The molecule has 0 aromatic carbocycles. The Hall–Kier alpha value is -0.470. The van der Waals surface area contributed by atoms with Crippen molar-refractivity contribution in [1.29, 1.82) is 0 Å². The van der Waals surface area contributed by atoms with E-state index in [0.29, 0.717) is 11.1 Å². The molecule has 1 aromatic heterocycles. The van der Waals surface area contributed by atoms with Crippen LogP contribution in [0.1, 0.15) is 32.4 Å². The second-order valence-electron chi connectivity index (χ2n) is 4.72. The van der Waals surface area contributed by atoms with Crippen LogP contribution in [0.3, 0.4) is 0 Å². The first kappa shape index (κ1) is 11.0. The largest absolute Gasteiger partial charge is 0.450 e. The monoisotopic (exact) mass is 227 g/mol. The third-order valence-electron chi connectivity index (χ3n) is 3.50. The Labute approximate surface area is 96.0 Å². The molecular formula is C12H18ClNO. The smallest absolute Gasteiger partial charge is 0.193 e. The van der Waals surface area contributed by atoms with Crippen LogP contribution in [0, 0.1) is 5.92 Å². The number of hydrogen-bond donors (Lipinski definition) is 1. The molecule has 3 heteroatoms. The van der Waals surface area contributed by atoms with E-state index in [4.69, 9.17) is 16.0 Å². The molecule has 0 radical (unpaired) electrons. The predicted octanol–water partition coefficient (Wildman–Crippen LogP) is 3.25. The van der Waals surface area contributed by atoms with Crippen molar-refractivity contribution in [3.8, 4) is 0 Å². The summed E-state index contributed by atoms with van der Waals surface area (Å²) in [5.41, 5.74) is 0.210. The Morgan fingerprint density at radius 1 is 1.53 bits per heavy atom. The molecule has 2 rings (SSSR count). The van der Waals surface area contributed by atoms with E-state index in [9.17, 15) is 0 Å². The van der Waals surface area contributed by atoms with E-state index in [1.807, 2.05) is 12.1 Å². The van der Waals surface area contributed by atoms with Crippen molar-refractivity contribution >= 4 is 11.6 Å². The molecule has 2 nitrogen and oxygen atoms in total. The van der Waals surface area contributed by atoms with Crippen molar-refractivity contribution in [1.82, 2.24) is 5.32 Å². The highest BCUT2D eigenvalue weighted by Crippen LogP contribution is 2.32. The van der Waals surface area contributed by atoms with Crippen molar-refractivity contribution in [3.05, 3.63) is 23.1 Å². The highest BCUT2D eigenvalue weighted by molar-refractivity contribution is 6.28. The summed E-state index contributed by atoms with van der Waals surface area (Å²) < 4.78 is 5.45. The molecule has 1 N–H and O–H groups in total. The number of hydrogen-bond acceptors (Lipinski definition) is 2. The predicted molar refractivity (Wildman–Crippen MR) is 62.2 cm³/mol. The number of nitrogens with one attached hydrogen (secondary N) is 1. The van der Waals surface area contributed by atoms with E-state index in [1.165, 1.54) is 12.8 Å². The third-order valence-corrected chi connectivity index (χ3v) is 3.70. The van der Waals surface area contributed by atoms with Crippen LogP contribution in [0.2, 0.25) is 5.22 Å². The molecule has 0 amide bonds. The van der Waals surface area contributed by atoms with E-state index < -0.39 is 0 Å². The molecule has 0 aliphatic carbocycles. The molecule has 0 spiro atoms. The van der Waals surface area contributed by atoms with E-state index >= 15 is 0 Å². The Balaban J connectivity index is 2.13. The van der Waals surface area contributed by atoms with Crippen LogP contribution in [0.4, 0.5) is 0 Å². The van der Waals surface area contributed by atoms with E-state index in [-0.39, 0.29) is 5.54 Å². The maximum Gasteiger partial charge on any atom is 0.193 e. The van der Waals surface area contributed by atoms with Crippen molar-refractivity contribution in [2.75, 3.05) is 6.54 Å². The first-order valence-corrected chi connectivity index (χ1v) is 5.99. The Morgan fingerprint density at radius 2 is 2.33 bits per heavy atom.